The Hall–Kier alpha value is -1.09. The number of hydrogen-bond acceptors (Lipinski definition) is 3. The van der Waals surface area contributed by atoms with Gasteiger partial charge in [0.25, 0.3) is 0 Å². The number of nitrogens with zero attached hydrogens (tertiary/aromatic N) is 1. The van der Waals surface area contributed by atoms with Gasteiger partial charge in [-0.2, -0.15) is 0 Å². The number of rotatable bonds is 3. The smallest absolute Gasteiger partial charge is 0.171 e. The molecule has 0 aliphatic carbocycles. The van der Waals surface area contributed by atoms with Crippen LogP contribution in [0.5, 0.6) is 5.75 Å². The predicted molar refractivity (Wildman–Crippen MR) is 45.8 cm³/mol. The number of ether oxygens (including phenoxy) is 1. The van der Waals surface area contributed by atoms with E-state index in [1.54, 1.807) is 12.1 Å². The molecule has 4 heteroatoms. The van der Waals surface area contributed by atoms with Gasteiger partial charge < -0.3 is 4.74 Å². The first-order valence-electron chi connectivity index (χ1n) is 3.52. The number of carbonyl (C=O) groups excluding carboxylic acids is 1. The normalized spacial score (nSPS) is 9.50. The van der Waals surface area contributed by atoms with E-state index in [2.05, 4.69) is 4.98 Å². The summed E-state index contributed by atoms with van der Waals surface area (Å²) in [6.07, 6.45) is 0.640. The lowest BCUT2D eigenvalue weighted by Gasteiger charge is -2.03. The first-order valence-corrected chi connectivity index (χ1v) is 3.90. The summed E-state index contributed by atoms with van der Waals surface area (Å²) in [5, 5.41) is 0.224. The molecule has 64 valence electrons. The van der Waals surface area contributed by atoms with Crippen LogP contribution in [0.2, 0.25) is 5.15 Å². The predicted octanol–water partition coefficient (Wildman–Crippen LogP) is 1.95. The summed E-state index contributed by atoms with van der Waals surface area (Å²) in [5.41, 5.74) is 0.309. The van der Waals surface area contributed by atoms with Crippen molar-refractivity contribution < 1.29 is 9.53 Å². The van der Waals surface area contributed by atoms with Gasteiger partial charge in [-0.05, 0) is 19.1 Å². The second-order valence-corrected chi connectivity index (χ2v) is 2.43. The van der Waals surface area contributed by atoms with Crippen molar-refractivity contribution in [3.63, 3.8) is 0 Å². The molecule has 0 radical (unpaired) electrons. The zero-order valence-corrected chi connectivity index (χ0v) is 7.34. The second kappa shape index (κ2) is 4.07. The standard InChI is InChI=1S/C8H8ClNO2/c1-2-12-7-4-3-6(5-11)10-8(7)9/h3-5H,2H2,1H3. The maximum absolute atomic E-state index is 10.3. The minimum Gasteiger partial charge on any atom is -0.491 e. The highest BCUT2D eigenvalue weighted by Crippen LogP contribution is 2.21. The van der Waals surface area contributed by atoms with Gasteiger partial charge in [0, 0.05) is 0 Å². The summed E-state index contributed by atoms with van der Waals surface area (Å²) in [4.78, 5) is 14.0. The van der Waals surface area contributed by atoms with Crippen LogP contribution < -0.4 is 4.74 Å². The van der Waals surface area contributed by atoms with E-state index < -0.39 is 0 Å². The van der Waals surface area contributed by atoms with Crippen LogP contribution in [0.4, 0.5) is 0 Å². The Bertz CT molecular complexity index is 288. The van der Waals surface area contributed by atoms with E-state index in [-0.39, 0.29) is 5.15 Å². The van der Waals surface area contributed by atoms with E-state index in [0.29, 0.717) is 24.3 Å². The van der Waals surface area contributed by atoms with Gasteiger partial charge in [0.15, 0.2) is 17.2 Å². The molecule has 0 amide bonds. The van der Waals surface area contributed by atoms with Crippen molar-refractivity contribution in [1.29, 1.82) is 0 Å². The van der Waals surface area contributed by atoms with Crippen molar-refractivity contribution >= 4 is 17.9 Å². The van der Waals surface area contributed by atoms with Crippen LogP contribution in [0.3, 0.4) is 0 Å². The summed E-state index contributed by atoms with van der Waals surface area (Å²) >= 11 is 5.69. The lowest BCUT2D eigenvalue weighted by molar-refractivity contribution is 0.111. The first-order chi connectivity index (χ1) is 5.77. The Labute approximate surface area is 75.3 Å². The molecule has 0 aromatic carbocycles. The van der Waals surface area contributed by atoms with Gasteiger partial charge in [0.2, 0.25) is 0 Å². The number of carbonyl (C=O) groups is 1. The van der Waals surface area contributed by atoms with Crippen LogP contribution in [0.15, 0.2) is 12.1 Å². The van der Waals surface area contributed by atoms with Crippen LogP contribution in [0.1, 0.15) is 17.4 Å². The zero-order chi connectivity index (χ0) is 8.97. The average molecular weight is 186 g/mol. The van der Waals surface area contributed by atoms with E-state index in [4.69, 9.17) is 16.3 Å². The fourth-order valence-electron chi connectivity index (χ4n) is 0.764. The number of aldehydes is 1. The highest BCUT2D eigenvalue weighted by molar-refractivity contribution is 6.30. The van der Waals surface area contributed by atoms with Gasteiger partial charge in [-0.3, -0.25) is 4.79 Å². The minimum atomic E-state index is 0.224. The SMILES string of the molecule is CCOc1ccc(C=O)nc1Cl. The molecule has 3 nitrogen and oxygen atoms in total. The molecule has 1 aromatic rings. The largest absolute Gasteiger partial charge is 0.491 e. The Morgan fingerprint density at radius 3 is 2.92 bits per heavy atom. The van der Waals surface area contributed by atoms with E-state index in [0.717, 1.165) is 0 Å². The van der Waals surface area contributed by atoms with Crippen LogP contribution in [0.25, 0.3) is 0 Å². The molecule has 1 rings (SSSR count). The third-order valence-electron chi connectivity index (χ3n) is 1.26. The Morgan fingerprint density at radius 1 is 1.67 bits per heavy atom. The molecule has 0 saturated heterocycles. The van der Waals surface area contributed by atoms with E-state index in [1.807, 2.05) is 6.92 Å². The molecule has 0 unspecified atom stereocenters. The fraction of sp³-hybridized carbons (Fsp3) is 0.250. The van der Waals surface area contributed by atoms with Crippen molar-refractivity contribution in [2.45, 2.75) is 6.92 Å². The molecule has 0 fully saturated rings. The molecule has 0 atom stereocenters. The molecular formula is C8H8ClNO2. The fourth-order valence-corrected chi connectivity index (χ4v) is 0.979. The third kappa shape index (κ3) is 1.95. The van der Waals surface area contributed by atoms with E-state index >= 15 is 0 Å². The van der Waals surface area contributed by atoms with Crippen molar-refractivity contribution in [3.05, 3.63) is 23.0 Å². The second-order valence-electron chi connectivity index (χ2n) is 2.08. The summed E-state index contributed by atoms with van der Waals surface area (Å²) in [6.45, 7) is 2.38. The lowest BCUT2D eigenvalue weighted by Crippen LogP contribution is -1.95. The zero-order valence-electron chi connectivity index (χ0n) is 6.58. The number of hydrogen-bond donors (Lipinski definition) is 0. The van der Waals surface area contributed by atoms with Crippen molar-refractivity contribution in [3.8, 4) is 5.75 Å². The molecule has 1 aromatic heterocycles. The highest BCUT2D eigenvalue weighted by atomic mass is 35.5. The molecule has 12 heavy (non-hydrogen) atoms. The van der Waals surface area contributed by atoms with Gasteiger partial charge in [-0.25, -0.2) is 4.98 Å². The topological polar surface area (TPSA) is 39.2 Å². The number of pyridine rings is 1. The molecule has 0 saturated carbocycles. The molecule has 0 N–H and O–H groups in total. The van der Waals surface area contributed by atoms with Crippen LogP contribution in [0, 0.1) is 0 Å². The summed E-state index contributed by atoms with van der Waals surface area (Å²) in [5.74, 6) is 0.504. The quantitative estimate of drug-likeness (QED) is 0.534. The Balaban J connectivity index is 2.94. The van der Waals surface area contributed by atoms with Crippen LogP contribution >= 0.6 is 11.6 Å². The van der Waals surface area contributed by atoms with Gasteiger partial charge in [0.1, 0.15) is 5.69 Å². The minimum absolute atomic E-state index is 0.224. The number of aromatic nitrogens is 1. The highest BCUT2D eigenvalue weighted by Gasteiger charge is 2.02. The summed E-state index contributed by atoms with van der Waals surface area (Å²) in [7, 11) is 0. The van der Waals surface area contributed by atoms with E-state index in [9.17, 15) is 4.79 Å². The Kier molecular flexibility index (Phi) is 3.05. The van der Waals surface area contributed by atoms with E-state index in [1.165, 1.54) is 0 Å². The molecule has 1 heterocycles. The van der Waals surface area contributed by atoms with Crippen molar-refractivity contribution in [2.75, 3.05) is 6.61 Å². The maximum atomic E-state index is 10.3. The lowest BCUT2D eigenvalue weighted by atomic mass is 10.4. The monoisotopic (exact) mass is 185 g/mol. The van der Waals surface area contributed by atoms with Gasteiger partial charge >= 0.3 is 0 Å². The molecule has 0 aliphatic heterocycles. The van der Waals surface area contributed by atoms with Gasteiger partial charge in [-0.1, -0.05) is 11.6 Å². The molecule has 0 bridgehead atoms. The maximum Gasteiger partial charge on any atom is 0.171 e. The third-order valence-corrected chi connectivity index (χ3v) is 1.53. The Morgan fingerprint density at radius 2 is 2.42 bits per heavy atom. The summed E-state index contributed by atoms with van der Waals surface area (Å²) < 4.78 is 5.13. The van der Waals surface area contributed by atoms with Gasteiger partial charge in [0.05, 0.1) is 6.61 Å². The van der Waals surface area contributed by atoms with Crippen LogP contribution in [-0.4, -0.2) is 17.9 Å². The summed E-state index contributed by atoms with van der Waals surface area (Å²) in [6, 6.07) is 3.19. The van der Waals surface area contributed by atoms with Crippen LogP contribution in [-0.2, 0) is 0 Å². The van der Waals surface area contributed by atoms with Gasteiger partial charge in [-0.15, -0.1) is 0 Å². The molecular weight excluding hydrogens is 178 g/mol. The molecule has 0 aliphatic rings. The number of halogens is 1. The molecule has 0 spiro atoms. The van der Waals surface area contributed by atoms with Crippen molar-refractivity contribution in [2.24, 2.45) is 0 Å². The van der Waals surface area contributed by atoms with Crippen molar-refractivity contribution in [1.82, 2.24) is 4.98 Å². The average Bonchev–Trinajstić information content (AvgIpc) is 2.09. The first kappa shape index (κ1) is 9.00.